The first-order valence-electron chi connectivity index (χ1n) is 9.35. The van der Waals surface area contributed by atoms with Gasteiger partial charge in [-0.1, -0.05) is 61.5 Å². The first kappa shape index (κ1) is 24.0. The van der Waals surface area contributed by atoms with Crippen LogP contribution >= 0.6 is 23.2 Å². The van der Waals surface area contributed by atoms with E-state index in [0.29, 0.717) is 17.9 Å². The molecule has 0 radical (unpaired) electrons. The molecular weight excluding hydrogens is 440 g/mol. The van der Waals surface area contributed by atoms with Crippen molar-refractivity contribution in [1.82, 2.24) is 5.43 Å². The van der Waals surface area contributed by atoms with Crippen LogP contribution in [-0.2, 0) is 6.18 Å². The van der Waals surface area contributed by atoms with Gasteiger partial charge >= 0.3 is 6.18 Å². The number of halogens is 5. The number of amides is 1. The van der Waals surface area contributed by atoms with Crippen LogP contribution in [0.3, 0.4) is 0 Å². The van der Waals surface area contributed by atoms with Gasteiger partial charge in [-0.15, -0.1) is 0 Å². The van der Waals surface area contributed by atoms with Crippen molar-refractivity contribution in [2.45, 2.75) is 38.8 Å². The number of hydrogen-bond donors (Lipinski definition) is 1. The minimum Gasteiger partial charge on any atom is -0.490 e. The normalized spacial score (nSPS) is 11.7. The summed E-state index contributed by atoms with van der Waals surface area (Å²) < 4.78 is 44.7. The van der Waals surface area contributed by atoms with E-state index >= 15 is 0 Å². The van der Waals surface area contributed by atoms with Gasteiger partial charge in [-0.2, -0.15) is 18.3 Å². The number of hydrazone groups is 1. The summed E-state index contributed by atoms with van der Waals surface area (Å²) in [7, 11) is 0. The Morgan fingerprint density at radius 2 is 1.80 bits per heavy atom. The molecule has 162 valence electrons. The number of ether oxygens (including phenoxy) is 1. The number of carbonyl (C=O) groups excluding carboxylic acids is 1. The molecule has 0 unspecified atom stereocenters. The number of benzene rings is 2. The smallest absolute Gasteiger partial charge is 0.417 e. The van der Waals surface area contributed by atoms with E-state index in [1.54, 1.807) is 0 Å². The summed E-state index contributed by atoms with van der Waals surface area (Å²) >= 11 is 12.4. The molecule has 4 nitrogen and oxygen atoms in total. The van der Waals surface area contributed by atoms with Crippen molar-refractivity contribution in [1.29, 1.82) is 0 Å². The van der Waals surface area contributed by atoms with Gasteiger partial charge in [0, 0.05) is 0 Å². The van der Waals surface area contributed by atoms with Crippen LogP contribution in [0, 0.1) is 0 Å². The lowest BCUT2D eigenvalue weighted by atomic mass is 10.1. The van der Waals surface area contributed by atoms with Crippen LogP contribution in [0.4, 0.5) is 13.2 Å². The first-order valence-corrected chi connectivity index (χ1v) is 10.1. The highest BCUT2D eigenvalue weighted by Gasteiger charge is 2.34. The van der Waals surface area contributed by atoms with E-state index in [-0.39, 0.29) is 10.0 Å². The molecule has 2 aromatic carbocycles. The summed E-state index contributed by atoms with van der Waals surface area (Å²) in [6, 6.07) is 7.53. The maximum atomic E-state index is 13.0. The average Bonchev–Trinajstić information content (AvgIpc) is 2.69. The molecule has 1 amide bonds. The molecule has 0 fully saturated rings. The van der Waals surface area contributed by atoms with Crippen LogP contribution in [0.15, 0.2) is 41.5 Å². The van der Waals surface area contributed by atoms with E-state index in [0.717, 1.165) is 37.8 Å². The molecule has 0 bridgehead atoms. The molecule has 0 aliphatic heterocycles. The maximum Gasteiger partial charge on any atom is 0.417 e. The Labute approximate surface area is 183 Å². The third-order valence-corrected chi connectivity index (χ3v) is 4.68. The molecule has 0 saturated heterocycles. The summed E-state index contributed by atoms with van der Waals surface area (Å²) in [6.07, 6.45) is 0.762. The summed E-state index contributed by atoms with van der Waals surface area (Å²) in [5, 5.41) is 4.24. The van der Waals surface area contributed by atoms with E-state index in [1.165, 1.54) is 30.5 Å². The van der Waals surface area contributed by atoms with Crippen LogP contribution in [0.5, 0.6) is 5.75 Å². The zero-order valence-corrected chi connectivity index (χ0v) is 17.7. The Bertz CT molecular complexity index is 879. The minimum atomic E-state index is -4.65. The van der Waals surface area contributed by atoms with Crippen molar-refractivity contribution in [3.63, 3.8) is 0 Å². The fourth-order valence-electron chi connectivity index (χ4n) is 2.65. The number of nitrogens with one attached hydrogen (secondary N) is 1. The Hall–Kier alpha value is -2.25. The number of nitrogens with zero attached hydrogens (tertiary/aromatic N) is 1. The largest absolute Gasteiger partial charge is 0.490 e. The second-order valence-corrected chi connectivity index (χ2v) is 7.28. The van der Waals surface area contributed by atoms with Crippen molar-refractivity contribution >= 4 is 35.3 Å². The van der Waals surface area contributed by atoms with E-state index in [9.17, 15) is 18.0 Å². The molecule has 0 heterocycles. The SMILES string of the molecule is CCCCCCOc1c(Cl)cc(C=NNC(=O)c2ccccc2C(F)(F)F)cc1Cl. The fourth-order valence-corrected chi connectivity index (χ4v) is 3.26. The second kappa shape index (κ2) is 11.2. The summed E-state index contributed by atoms with van der Waals surface area (Å²) in [5.74, 6) is -0.626. The summed E-state index contributed by atoms with van der Waals surface area (Å²) in [4.78, 5) is 12.1. The number of carbonyl (C=O) groups is 1. The lowest BCUT2D eigenvalue weighted by Gasteiger charge is -2.11. The molecule has 0 aromatic heterocycles. The van der Waals surface area contributed by atoms with Crippen molar-refractivity contribution in [3.8, 4) is 5.75 Å². The Morgan fingerprint density at radius 1 is 1.13 bits per heavy atom. The molecule has 0 atom stereocenters. The standard InChI is InChI=1S/C21H21Cl2F3N2O2/c1-2-3-4-7-10-30-19-17(22)11-14(12-18(19)23)13-27-28-20(29)15-8-5-6-9-16(15)21(24,25)26/h5-6,8-9,11-13H,2-4,7,10H2,1H3,(H,28,29). The molecule has 30 heavy (non-hydrogen) atoms. The van der Waals surface area contributed by atoms with Crippen LogP contribution < -0.4 is 10.2 Å². The van der Waals surface area contributed by atoms with Gasteiger partial charge in [-0.05, 0) is 36.2 Å². The zero-order chi connectivity index (χ0) is 22.1. The molecule has 1 N–H and O–H groups in total. The first-order chi connectivity index (χ1) is 14.2. The van der Waals surface area contributed by atoms with E-state index in [1.807, 2.05) is 0 Å². The number of unbranched alkanes of at least 4 members (excludes halogenated alkanes) is 3. The molecule has 0 spiro atoms. The van der Waals surface area contributed by atoms with Gasteiger partial charge in [0.1, 0.15) is 0 Å². The Morgan fingerprint density at radius 3 is 2.43 bits per heavy atom. The fraction of sp³-hybridized carbons (Fsp3) is 0.333. The monoisotopic (exact) mass is 460 g/mol. The number of alkyl halides is 3. The van der Waals surface area contributed by atoms with Crippen LogP contribution in [-0.4, -0.2) is 18.7 Å². The number of hydrogen-bond acceptors (Lipinski definition) is 3. The van der Waals surface area contributed by atoms with Gasteiger partial charge < -0.3 is 4.74 Å². The molecule has 0 saturated carbocycles. The van der Waals surface area contributed by atoms with Crippen molar-refractivity contribution in [2.75, 3.05) is 6.61 Å². The molecule has 0 aliphatic carbocycles. The van der Waals surface area contributed by atoms with Crippen LogP contribution in [0.2, 0.25) is 10.0 Å². The van der Waals surface area contributed by atoms with E-state index in [4.69, 9.17) is 27.9 Å². The molecule has 2 aromatic rings. The molecule has 9 heteroatoms. The lowest BCUT2D eigenvalue weighted by Crippen LogP contribution is -2.22. The van der Waals surface area contributed by atoms with E-state index in [2.05, 4.69) is 17.5 Å². The highest BCUT2D eigenvalue weighted by atomic mass is 35.5. The zero-order valence-electron chi connectivity index (χ0n) is 16.2. The topological polar surface area (TPSA) is 50.7 Å². The van der Waals surface area contributed by atoms with Crippen molar-refractivity contribution in [2.24, 2.45) is 5.10 Å². The average molecular weight is 461 g/mol. The Kier molecular flexibility index (Phi) is 8.99. The van der Waals surface area contributed by atoms with E-state index < -0.39 is 23.2 Å². The predicted molar refractivity (Wildman–Crippen MR) is 113 cm³/mol. The lowest BCUT2D eigenvalue weighted by molar-refractivity contribution is -0.137. The third-order valence-electron chi connectivity index (χ3n) is 4.12. The van der Waals surface area contributed by atoms with Crippen LogP contribution in [0.1, 0.15) is 54.1 Å². The highest BCUT2D eigenvalue weighted by molar-refractivity contribution is 6.37. The maximum absolute atomic E-state index is 13.0. The predicted octanol–water partition coefficient (Wildman–Crippen LogP) is 6.74. The van der Waals surface area contributed by atoms with Gasteiger partial charge in [-0.25, -0.2) is 5.43 Å². The van der Waals surface area contributed by atoms with Gasteiger partial charge in [0.15, 0.2) is 5.75 Å². The van der Waals surface area contributed by atoms with Gasteiger partial charge in [-0.3, -0.25) is 4.79 Å². The minimum absolute atomic E-state index is 0.271. The summed E-state index contributed by atoms with van der Waals surface area (Å²) in [5.41, 5.74) is 0.971. The third kappa shape index (κ3) is 6.92. The van der Waals surface area contributed by atoms with Crippen LogP contribution in [0.25, 0.3) is 0 Å². The highest BCUT2D eigenvalue weighted by Crippen LogP contribution is 2.34. The quantitative estimate of drug-likeness (QED) is 0.256. The van der Waals surface area contributed by atoms with Crippen molar-refractivity contribution in [3.05, 3.63) is 63.1 Å². The number of rotatable bonds is 9. The molecule has 2 rings (SSSR count). The molecule has 0 aliphatic rings. The van der Waals surface area contributed by atoms with Gasteiger partial charge in [0.25, 0.3) is 5.91 Å². The Balaban J connectivity index is 2.03. The second-order valence-electron chi connectivity index (χ2n) is 6.47. The summed E-state index contributed by atoms with van der Waals surface area (Å²) in [6.45, 7) is 2.61. The molecular formula is C21H21Cl2F3N2O2. The van der Waals surface area contributed by atoms with Gasteiger partial charge in [0.05, 0.1) is 34.0 Å². The van der Waals surface area contributed by atoms with Crippen molar-refractivity contribution < 1.29 is 22.7 Å². The van der Waals surface area contributed by atoms with Gasteiger partial charge in [0.2, 0.25) is 0 Å².